The van der Waals surface area contributed by atoms with Gasteiger partial charge >= 0.3 is 0 Å². The summed E-state index contributed by atoms with van der Waals surface area (Å²) in [6.45, 7) is 0. The second-order valence-corrected chi connectivity index (χ2v) is 5.59. The van der Waals surface area contributed by atoms with E-state index in [-0.39, 0.29) is 22.8 Å². The number of amidine groups is 1. The van der Waals surface area contributed by atoms with Crippen molar-refractivity contribution in [3.05, 3.63) is 53.6 Å². The fraction of sp³-hybridized carbons (Fsp3) is 0.278. The number of benzene rings is 1. The van der Waals surface area contributed by atoms with Crippen LogP contribution in [0.15, 0.2) is 41.5 Å². The largest absolute Gasteiger partial charge is 0.495 e. The molecule has 0 aliphatic heterocycles. The van der Waals surface area contributed by atoms with E-state index in [1.165, 1.54) is 32.5 Å². The quantitative estimate of drug-likeness (QED) is 0.570. The first-order chi connectivity index (χ1) is 12.8. The van der Waals surface area contributed by atoms with Crippen LogP contribution in [0.3, 0.4) is 0 Å². The van der Waals surface area contributed by atoms with Crippen LogP contribution in [0.1, 0.15) is 28.6 Å². The number of ether oxygens (including phenoxy) is 1. The van der Waals surface area contributed by atoms with Crippen molar-refractivity contribution in [2.45, 2.75) is 18.8 Å². The van der Waals surface area contributed by atoms with E-state index in [0.29, 0.717) is 5.75 Å². The van der Waals surface area contributed by atoms with Crippen molar-refractivity contribution in [1.29, 1.82) is 0 Å². The van der Waals surface area contributed by atoms with Gasteiger partial charge in [0.05, 0.1) is 13.3 Å². The molecule has 0 fully saturated rings. The number of aromatic nitrogens is 1. The lowest BCUT2D eigenvalue weighted by atomic mass is 10.0. The first kappa shape index (κ1) is 20.2. The second kappa shape index (κ2) is 9.02. The highest BCUT2D eigenvalue weighted by molar-refractivity contribution is 6.02. The molecule has 0 saturated carbocycles. The van der Waals surface area contributed by atoms with Crippen LogP contribution >= 0.6 is 0 Å². The van der Waals surface area contributed by atoms with Crippen molar-refractivity contribution >= 4 is 17.4 Å². The molecule has 27 heavy (non-hydrogen) atoms. The highest BCUT2D eigenvalue weighted by atomic mass is 19.2. The summed E-state index contributed by atoms with van der Waals surface area (Å²) in [7, 11) is 2.74. The molecule has 6 nitrogen and oxygen atoms in total. The number of carbonyl (C=O) groups is 1. The number of methoxy groups -OCH3 is 1. The molecular formula is C18H19F3N4O2. The Bertz CT molecular complexity index is 828. The molecule has 0 aliphatic rings. The Morgan fingerprint density at radius 2 is 2.07 bits per heavy atom. The van der Waals surface area contributed by atoms with Gasteiger partial charge in [-0.2, -0.15) is 0 Å². The van der Waals surface area contributed by atoms with Gasteiger partial charge in [-0.05, 0) is 30.3 Å². The molecule has 2 aromatic rings. The van der Waals surface area contributed by atoms with Crippen molar-refractivity contribution in [3.8, 4) is 5.75 Å². The number of nitrogens with two attached hydrogens (primary N) is 1. The first-order valence-corrected chi connectivity index (χ1v) is 7.96. The minimum atomic E-state index is -1.96. The smallest absolute Gasteiger partial charge is 0.274 e. The lowest BCUT2D eigenvalue weighted by Crippen LogP contribution is -2.26. The van der Waals surface area contributed by atoms with Crippen molar-refractivity contribution in [2.75, 3.05) is 19.5 Å². The van der Waals surface area contributed by atoms with Gasteiger partial charge in [-0.15, -0.1) is 0 Å². The summed E-state index contributed by atoms with van der Waals surface area (Å²) in [4.78, 5) is 19.6. The van der Waals surface area contributed by atoms with E-state index in [0.717, 1.165) is 12.1 Å². The molecule has 1 aromatic carbocycles. The first-order valence-electron chi connectivity index (χ1n) is 7.96. The molecule has 1 heterocycles. The van der Waals surface area contributed by atoms with Crippen molar-refractivity contribution in [2.24, 2.45) is 10.7 Å². The number of carbonyl (C=O) groups excluding carboxylic acids is 1. The maximum absolute atomic E-state index is 14.3. The minimum Gasteiger partial charge on any atom is -0.495 e. The summed E-state index contributed by atoms with van der Waals surface area (Å²) < 4.78 is 47.0. The molecule has 2 unspecified atom stereocenters. The monoisotopic (exact) mass is 380 g/mol. The summed E-state index contributed by atoms with van der Waals surface area (Å²) in [5.74, 6) is -1.32. The number of rotatable bonds is 7. The molecule has 0 radical (unpaired) electrons. The number of nitrogens with zero attached hydrogens (tertiary/aromatic N) is 2. The average molecular weight is 380 g/mol. The third-order valence-corrected chi connectivity index (χ3v) is 3.79. The Morgan fingerprint density at radius 1 is 1.33 bits per heavy atom. The van der Waals surface area contributed by atoms with Crippen LogP contribution in [0.25, 0.3) is 0 Å². The summed E-state index contributed by atoms with van der Waals surface area (Å²) in [6.07, 6.45) is -3.12. The van der Waals surface area contributed by atoms with Crippen LogP contribution in [0, 0.1) is 5.82 Å². The number of pyridine rings is 1. The van der Waals surface area contributed by atoms with Crippen LogP contribution in [0.2, 0.25) is 0 Å². The topological polar surface area (TPSA) is 89.6 Å². The lowest BCUT2D eigenvalue weighted by molar-refractivity contribution is 0.102. The van der Waals surface area contributed by atoms with Gasteiger partial charge in [0.25, 0.3) is 5.91 Å². The molecule has 1 amide bonds. The Hall–Kier alpha value is -3.10. The Kier molecular flexibility index (Phi) is 6.75. The zero-order chi connectivity index (χ0) is 20.0. The predicted molar refractivity (Wildman–Crippen MR) is 96.1 cm³/mol. The van der Waals surface area contributed by atoms with Gasteiger partial charge in [0.15, 0.2) is 6.17 Å². The van der Waals surface area contributed by atoms with Gasteiger partial charge < -0.3 is 15.8 Å². The summed E-state index contributed by atoms with van der Waals surface area (Å²) in [6, 6.07) is 6.35. The van der Waals surface area contributed by atoms with Crippen molar-refractivity contribution < 1.29 is 22.7 Å². The number of nitrogens with one attached hydrogen (secondary N) is 1. The van der Waals surface area contributed by atoms with E-state index in [1.807, 2.05) is 0 Å². The van der Waals surface area contributed by atoms with Gasteiger partial charge in [0.1, 0.15) is 29.3 Å². The highest BCUT2D eigenvalue weighted by Crippen LogP contribution is 2.29. The summed E-state index contributed by atoms with van der Waals surface area (Å²) in [5, 5.41) is 2.49. The van der Waals surface area contributed by atoms with Gasteiger partial charge in [-0.25, -0.2) is 18.2 Å². The van der Waals surface area contributed by atoms with E-state index < -0.39 is 30.5 Å². The number of aliphatic imine (C=N–C) groups is 1. The van der Waals surface area contributed by atoms with Gasteiger partial charge in [-0.3, -0.25) is 9.79 Å². The zero-order valence-corrected chi connectivity index (χ0v) is 14.7. The molecule has 3 N–H and O–H groups in total. The third-order valence-electron chi connectivity index (χ3n) is 3.79. The van der Waals surface area contributed by atoms with Crippen LogP contribution in [0.4, 0.5) is 18.9 Å². The van der Waals surface area contributed by atoms with E-state index in [1.54, 1.807) is 6.07 Å². The number of halogens is 3. The van der Waals surface area contributed by atoms with Crippen molar-refractivity contribution in [3.63, 3.8) is 0 Å². The predicted octanol–water partition coefficient (Wildman–Crippen LogP) is 3.21. The van der Waals surface area contributed by atoms with Gasteiger partial charge in [0, 0.05) is 24.7 Å². The molecule has 144 valence electrons. The molecule has 0 bridgehead atoms. The Morgan fingerprint density at radius 3 is 2.67 bits per heavy atom. The Labute approximate surface area is 154 Å². The molecule has 9 heteroatoms. The minimum absolute atomic E-state index is 0.0919. The van der Waals surface area contributed by atoms with E-state index >= 15 is 0 Å². The lowest BCUT2D eigenvalue weighted by Gasteiger charge is -2.14. The number of alkyl halides is 2. The van der Waals surface area contributed by atoms with E-state index in [2.05, 4.69) is 15.3 Å². The van der Waals surface area contributed by atoms with Crippen molar-refractivity contribution in [1.82, 2.24) is 4.98 Å². The average Bonchev–Trinajstić information content (AvgIpc) is 2.68. The molecular weight excluding hydrogens is 361 g/mol. The number of amides is 1. The molecule has 1 aromatic heterocycles. The van der Waals surface area contributed by atoms with Crippen LogP contribution < -0.4 is 15.8 Å². The maximum Gasteiger partial charge on any atom is 0.274 e. The molecule has 2 atom stereocenters. The zero-order valence-electron chi connectivity index (χ0n) is 14.7. The molecule has 2 rings (SSSR count). The maximum atomic E-state index is 14.3. The fourth-order valence-electron chi connectivity index (χ4n) is 2.26. The molecule has 0 saturated heterocycles. The van der Waals surface area contributed by atoms with Gasteiger partial charge in [0.2, 0.25) is 0 Å². The number of hydrogen-bond donors (Lipinski definition) is 2. The van der Waals surface area contributed by atoms with E-state index in [9.17, 15) is 18.0 Å². The second-order valence-electron chi connectivity index (χ2n) is 5.59. The summed E-state index contributed by atoms with van der Waals surface area (Å²) >= 11 is 0. The number of hydrogen-bond acceptors (Lipinski definition) is 4. The standard InChI is InChI=1S/C18H19F3N4O2/c1-23-17(22)15(21)8-14(20)12-7-10(3-5-13(12)19)25-18(26)16-6-4-11(27-2)9-24-16/h3-7,9,14-15H,8H2,1-2H3,(H2,22,23)(H,25,26). The molecule has 0 spiro atoms. The van der Waals surface area contributed by atoms with Crippen LogP contribution in [0.5, 0.6) is 5.75 Å². The fourth-order valence-corrected chi connectivity index (χ4v) is 2.26. The number of anilines is 1. The van der Waals surface area contributed by atoms with Crippen LogP contribution in [-0.2, 0) is 0 Å². The summed E-state index contributed by atoms with van der Waals surface area (Å²) in [5.41, 5.74) is 5.15. The molecule has 0 aliphatic carbocycles. The normalized spacial score (nSPS) is 13.7. The van der Waals surface area contributed by atoms with Crippen LogP contribution in [-0.4, -0.2) is 37.1 Å². The van der Waals surface area contributed by atoms with E-state index in [4.69, 9.17) is 10.5 Å². The van der Waals surface area contributed by atoms with Gasteiger partial charge in [-0.1, -0.05) is 0 Å². The third kappa shape index (κ3) is 5.19. The Balaban J connectivity index is 2.14. The SMILES string of the molecule is CN=C(N)C(F)CC(F)c1cc(NC(=O)c2ccc(OC)cn2)ccc1F. The highest BCUT2D eigenvalue weighted by Gasteiger charge is 2.23.